The fraction of sp³-hybridized carbons (Fsp3) is 0.306. The molecule has 0 amide bonds. The van der Waals surface area contributed by atoms with Gasteiger partial charge in [0.1, 0.15) is 11.2 Å². The molecule has 7 heteroatoms. The van der Waals surface area contributed by atoms with Gasteiger partial charge in [-0.05, 0) is 84.4 Å². The Morgan fingerprint density at radius 1 is 0.744 bits per heavy atom. The summed E-state index contributed by atoms with van der Waals surface area (Å²) >= 11 is 0. The van der Waals surface area contributed by atoms with Crippen LogP contribution in [0.15, 0.2) is 102 Å². The van der Waals surface area contributed by atoms with E-state index < -0.39 is 29.1 Å². The van der Waals surface area contributed by atoms with Crippen LogP contribution in [0.25, 0.3) is 27.7 Å². The summed E-state index contributed by atoms with van der Waals surface area (Å²) in [6.45, 7) is 14.6. The van der Waals surface area contributed by atoms with Gasteiger partial charge in [0.15, 0.2) is 0 Å². The van der Waals surface area contributed by atoms with Crippen molar-refractivity contribution in [1.29, 1.82) is 0 Å². The van der Waals surface area contributed by atoms with Crippen molar-refractivity contribution >= 4 is 22.7 Å². The third-order valence-corrected chi connectivity index (χ3v) is 7.10. The highest BCUT2D eigenvalue weighted by molar-refractivity contribution is 6.01. The number of para-hydroxylation sites is 1. The van der Waals surface area contributed by atoms with Crippen molar-refractivity contribution < 1.29 is 19.1 Å². The Morgan fingerprint density at radius 2 is 1.28 bits per heavy atom. The molecule has 0 saturated carbocycles. The number of carbonyl (C=O) groups excluding carboxylic acids is 2. The van der Waals surface area contributed by atoms with Gasteiger partial charge in [0.25, 0.3) is 0 Å². The standard InChI is InChI=1S/C36H39N3O4/c1-22-29(33(40)42-35(3,4)5)31(30(23(2)37-22)34(41)43-36(6,7)8)28-21-39(27-16-10-9-11-17-27)38-32(28)26-19-18-24-14-12-13-15-25(24)20-26/h9-21,31,37H,1-8H3. The molecule has 2 heterocycles. The maximum Gasteiger partial charge on any atom is 0.337 e. The lowest BCUT2D eigenvalue weighted by Gasteiger charge is -2.33. The smallest absolute Gasteiger partial charge is 0.337 e. The number of nitrogens with zero attached hydrogens (tertiary/aromatic N) is 2. The van der Waals surface area contributed by atoms with Gasteiger partial charge in [-0.1, -0.05) is 54.6 Å². The summed E-state index contributed by atoms with van der Waals surface area (Å²) in [6.07, 6.45) is 1.91. The molecule has 5 rings (SSSR count). The van der Waals surface area contributed by atoms with Gasteiger partial charge < -0.3 is 14.8 Å². The van der Waals surface area contributed by atoms with Gasteiger partial charge in [0.2, 0.25) is 0 Å². The number of aromatic nitrogens is 2. The molecule has 222 valence electrons. The molecular formula is C36H39N3O4. The van der Waals surface area contributed by atoms with Crippen molar-refractivity contribution in [2.75, 3.05) is 0 Å². The normalized spacial score (nSPS) is 14.6. The number of rotatable bonds is 5. The number of nitrogens with one attached hydrogen (secondary N) is 1. The van der Waals surface area contributed by atoms with E-state index >= 15 is 0 Å². The number of hydrogen-bond acceptors (Lipinski definition) is 6. The maximum atomic E-state index is 13.9. The Morgan fingerprint density at radius 3 is 1.84 bits per heavy atom. The first kappa shape index (κ1) is 29.8. The fourth-order valence-corrected chi connectivity index (χ4v) is 5.38. The number of benzene rings is 3. The second-order valence-electron chi connectivity index (χ2n) is 12.9. The van der Waals surface area contributed by atoms with E-state index in [1.165, 1.54) is 0 Å². The first-order valence-electron chi connectivity index (χ1n) is 14.5. The molecule has 0 spiro atoms. The average Bonchev–Trinajstić information content (AvgIpc) is 3.36. The summed E-state index contributed by atoms with van der Waals surface area (Å²) in [5.41, 5.74) is 3.49. The van der Waals surface area contributed by atoms with Crippen LogP contribution >= 0.6 is 0 Å². The molecule has 0 unspecified atom stereocenters. The van der Waals surface area contributed by atoms with E-state index in [0.29, 0.717) is 33.8 Å². The first-order chi connectivity index (χ1) is 20.2. The number of hydrogen-bond donors (Lipinski definition) is 1. The van der Waals surface area contributed by atoms with Crippen LogP contribution < -0.4 is 5.32 Å². The van der Waals surface area contributed by atoms with Crippen molar-refractivity contribution in [3.8, 4) is 16.9 Å². The number of ether oxygens (including phenoxy) is 2. The minimum Gasteiger partial charge on any atom is -0.457 e. The lowest BCUT2D eigenvalue weighted by atomic mass is 9.79. The van der Waals surface area contributed by atoms with E-state index in [-0.39, 0.29) is 0 Å². The molecule has 43 heavy (non-hydrogen) atoms. The highest BCUT2D eigenvalue weighted by atomic mass is 16.6. The van der Waals surface area contributed by atoms with Crippen LogP contribution in [0.3, 0.4) is 0 Å². The van der Waals surface area contributed by atoms with E-state index in [0.717, 1.165) is 22.0 Å². The lowest BCUT2D eigenvalue weighted by molar-refractivity contribution is -0.150. The number of fused-ring (bicyclic) bond motifs is 1. The molecule has 1 aromatic heterocycles. The van der Waals surface area contributed by atoms with E-state index in [1.807, 2.05) is 110 Å². The van der Waals surface area contributed by atoms with Gasteiger partial charge in [0, 0.05) is 28.7 Å². The number of allylic oxidation sites excluding steroid dienone is 2. The fourth-order valence-electron chi connectivity index (χ4n) is 5.38. The summed E-state index contributed by atoms with van der Waals surface area (Å²) in [7, 11) is 0. The third-order valence-electron chi connectivity index (χ3n) is 7.10. The molecule has 1 aliphatic rings. The van der Waals surface area contributed by atoms with E-state index in [2.05, 4.69) is 29.6 Å². The second-order valence-corrected chi connectivity index (χ2v) is 12.9. The molecule has 0 saturated heterocycles. The van der Waals surface area contributed by atoms with Gasteiger partial charge in [-0.15, -0.1) is 0 Å². The van der Waals surface area contributed by atoms with Gasteiger partial charge in [-0.3, -0.25) is 0 Å². The summed E-state index contributed by atoms with van der Waals surface area (Å²) in [5.74, 6) is -1.81. The number of carbonyl (C=O) groups is 2. The van der Waals surface area contributed by atoms with Gasteiger partial charge >= 0.3 is 11.9 Å². The minimum atomic E-state index is -0.801. The lowest BCUT2D eigenvalue weighted by Crippen LogP contribution is -2.36. The minimum absolute atomic E-state index is 0.344. The molecule has 0 aliphatic carbocycles. The largest absolute Gasteiger partial charge is 0.457 e. The van der Waals surface area contributed by atoms with Crippen molar-refractivity contribution in [3.05, 3.63) is 107 Å². The Hall–Kier alpha value is -4.65. The van der Waals surface area contributed by atoms with Crippen LogP contribution in [0.1, 0.15) is 66.9 Å². The van der Waals surface area contributed by atoms with Crippen molar-refractivity contribution in [3.63, 3.8) is 0 Å². The third kappa shape index (κ3) is 6.41. The van der Waals surface area contributed by atoms with Crippen LogP contribution in [0.4, 0.5) is 0 Å². The topological polar surface area (TPSA) is 82.5 Å². The first-order valence-corrected chi connectivity index (χ1v) is 14.5. The predicted octanol–water partition coefficient (Wildman–Crippen LogP) is 7.61. The zero-order valence-corrected chi connectivity index (χ0v) is 26.1. The molecule has 0 radical (unpaired) electrons. The molecule has 3 aromatic carbocycles. The Balaban J connectivity index is 1.79. The zero-order valence-electron chi connectivity index (χ0n) is 26.1. The summed E-state index contributed by atoms with van der Waals surface area (Å²) in [4.78, 5) is 27.9. The molecule has 7 nitrogen and oxygen atoms in total. The van der Waals surface area contributed by atoms with E-state index in [1.54, 1.807) is 4.68 Å². The SMILES string of the molecule is CC1=C(C(=O)OC(C)(C)C)C(c2cn(-c3ccccc3)nc2-c2ccc3ccccc3c2)C(C(=O)OC(C)(C)C)=C(C)N1. The summed E-state index contributed by atoms with van der Waals surface area (Å²) < 4.78 is 13.6. The van der Waals surface area contributed by atoms with E-state index in [9.17, 15) is 9.59 Å². The van der Waals surface area contributed by atoms with Gasteiger partial charge in [-0.25, -0.2) is 14.3 Å². The van der Waals surface area contributed by atoms with Crippen molar-refractivity contribution in [1.82, 2.24) is 15.1 Å². The molecule has 0 fully saturated rings. The molecule has 4 aromatic rings. The monoisotopic (exact) mass is 577 g/mol. The van der Waals surface area contributed by atoms with Gasteiger partial charge in [0.05, 0.1) is 28.4 Å². The Labute approximate surface area is 253 Å². The van der Waals surface area contributed by atoms with Crippen molar-refractivity contribution in [2.24, 2.45) is 0 Å². The van der Waals surface area contributed by atoms with Crippen LogP contribution in [-0.2, 0) is 19.1 Å². The maximum absolute atomic E-state index is 13.9. The molecule has 1 N–H and O–H groups in total. The predicted molar refractivity (Wildman–Crippen MR) is 169 cm³/mol. The molecule has 0 atom stereocenters. The quantitative estimate of drug-likeness (QED) is 0.246. The average molecular weight is 578 g/mol. The molecule has 1 aliphatic heterocycles. The number of esters is 2. The molecule has 0 bridgehead atoms. The Kier molecular flexibility index (Phi) is 7.78. The summed E-state index contributed by atoms with van der Waals surface area (Å²) in [5, 5.41) is 10.5. The second kappa shape index (κ2) is 11.2. The Bertz CT molecular complexity index is 1720. The zero-order chi connectivity index (χ0) is 31.1. The van der Waals surface area contributed by atoms with E-state index in [4.69, 9.17) is 14.6 Å². The molecular weight excluding hydrogens is 538 g/mol. The van der Waals surface area contributed by atoms with Crippen LogP contribution in [0.2, 0.25) is 0 Å². The number of dihydropyridines is 1. The van der Waals surface area contributed by atoms with Crippen LogP contribution in [0, 0.1) is 0 Å². The van der Waals surface area contributed by atoms with Crippen LogP contribution in [0.5, 0.6) is 0 Å². The highest BCUT2D eigenvalue weighted by Gasteiger charge is 2.42. The highest BCUT2D eigenvalue weighted by Crippen LogP contribution is 2.44. The van der Waals surface area contributed by atoms with Crippen LogP contribution in [-0.4, -0.2) is 32.9 Å². The summed E-state index contributed by atoms with van der Waals surface area (Å²) in [6, 6.07) is 24.1. The van der Waals surface area contributed by atoms with Gasteiger partial charge in [-0.2, -0.15) is 5.10 Å². The van der Waals surface area contributed by atoms with Crippen molar-refractivity contribution in [2.45, 2.75) is 72.5 Å².